The highest BCUT2D eigenvalue weighted by Gasteiger charge is 2.36. The number of nitrogens with one attached hydrogen (secondary N) is 1. The number of halogens is 2. The van der Waals surface area contributed by atoms with E-state index in [1.165, 1.54) is 19.0 Å². The van der Waals surface area contributed by atoms with Crippen LogP contribution in [-0.2, 0) is 11.3 Å². The second kappa shape index (κ2) is 7.88. The maximum Gasteiger partial charge on any atom is 0.411 e. The zero-order valence-corrected chi connectivity index (χ0v) is 17.4. The van der Waals surface area contributed by atoms with Gasteiger partial charge in [-0.15, -0.1) is 0 Å². The summed E-state index contributed by atoms with van der Waals surface area (Å²) in [7, 11) is 2.88. The average molecular weight is 437 g/mol. The predicted molar refractivity (Wildman–Crippen MR) is 110 cm³/mol. The summed E-state index contributed by atoms with van der Waals surface area (Å²) in [6.07, 6.45) is -1.19. The van der Waals surface area contributed by atoms with E-state index in [2.05, 4.69) is 10.3 Å². The summed E-state index contributed by atoms with van der Waals surface area (Å²) in [5.74, 6) is -0.723. The number of pyridine rings is 1. The number of aryl methyl sites for hydroxylation is 1. The molecule has 1 aromatic carbocycles. The first kappa shape index (κ1) is 20.9. The van der Waals surface area contributed by atoms with Crippen LogP contribution >= 0.6 is 23.2 Å². The van der Waals surface area contributed by atoms with Crippen molar-refractivity contribution < 1.29 is 19.5 Å². The molecular weight excluding hydrogens is 419 g/mol. The minimum Gasteiger partial charge on any atom is -0.465 e. The van der Waals surface area contributed by atoms with E-state index < -0.39 is 12.0 Å². The molecule has 0 spiro atoms. The molecule has 3 rings (SSSR count). The van der Waals surface area contributed by atoms with Crippen molar-refractivity contribution in [1.29, 1.82) is 0 Å². The highest BCUT2D eigenvalue weighted by Crippen LogP contribution is 2.43. The molecule has 0 aliphatic carbocycles. The predicted octanol–water partition coefficient (Wildman–Crippen LogP) is 3.18. The lowest BCUT2D eigenvalue weighted by atomic mass is 9.96. The average Bonchev–Trinajstić information content (AvgIpc) is 2.96. The molecule has 1 aliphatic heterocycles. The van der Waals surface area contributed by atoms with Crippen molar-refractivity contribution in [2.45, 2.75) is 13.5 Å². The standard InChI is InChI=1S/C19H18Cl2N4O4/c1-9-17(24(3)19(28)29)15(11-5-4-10(20)6-13(11)21)12-7-25(8-14(26)22-2)18(27)16(12)23-9/h4-6H,7-8H2,1-3H3,(H,22,26)(H,28,29). The van der Waals surface area contributed by atoms with Gasteiger partial charge in [0.2, 0.25) is 5.91 Å². The van der Waals surface area contributed by atoms with Gasteiger partial charge in [-0.25, -0.2) is 9.78 Å². The Bertz CT molecular complexity index is 1040. The van der Waals surface area contributed by atoms with Crippen LogP contribution in [0.4, 0.5) is 10.5 Å². The molecule has 0 unspecified atom stereocenters. The molecule has 10 heteroatoms. The number of rotatable bonds is 4. The molecule has 0 bridgehead atoms. The highest BCUT2D eigenvalue weighted by molar-refractivity contribution is 6.36. The van der Waals surface area contributed by atoms with Crippen LogP contribution in [0.15, 0.2) is 18.2 Å². The van der Waals surface area contributed by atoms with E-state index in [4.69, 9.17) is 23.2 Å². The first-order valence-electron chi connectivity index (χ1n) is 8.61. The van der Waals surface area contributed by atoms with Crippen LogP contribution in [0, 0.1) is 6.92 Å². The van der Waals surface area contributed by atoms with E-state index in [9.17, 15) is 19.5 Å². The van der Waals surface area contributed by atoms with Gasteiger partial charge in [0.1, 0.15) is 12.2 Å². The van der Waals surface area contributed by atoms with Gasteiger partial charge in [-0.1, -0.05) is 29.3 Å². The fourth-order valence-electron chi connectivity index (χ4n) is 3.34. The summed E-state index contributed by atoms with van der Waals surface area (Å²) < 4.78 is 0. The molecule has 152 valence electrons. The minimum atomic E-state index is -1.19. The number of aromatic nitrogens is 1. The number of hydrogen-bond donors (Lipinski definition) is 2. The first-order chi connectivity index (χ1) is 13.6. The Hall–Kier alpha value is -2.84. The minimum absolute atomic E-state index is 0.101. The molecule has 0 atom stereocenters. The van der Waals surface area contributed by atoms with E-state index in [-0.39, 0.29) is 24.7 Å². The van der Waals surface area contributed by atoms with Crippen LogP contribution < -0.4 is 10.2 Å². The summed E-state index contributed by atoms with van der Waals surface area (Å²) in [4.78, 5) is 43.1. The lowest BCUT2D eigenvalue weighted by molar-refractivity contribution is -0.121. The number of anilines is 1. The van der Waals surface area contributed by atoms with Crippen LogP contribution in [0.3, 0.4) is 0 Å². The smallest absolute Gasteiger partial charge is 0.411 e. The molecule has 0 saturated carbocycles. The fraction of sp³-hybridized carbons (Fsp3) is 0.263. The Labute approximate surface area is 177 Å². The Kier molecular flexibility index (Phi) is 5.68. The van der Waals surface area contributed by atoms with Gasteiger partial charge in [-0.05, 0) is 19.1 Å². The zero-order valence-electron chi connectivity index (χ0n) is 15.9. The number of fused-ring (bicyclic) bond motifs is 1. The fourth-order valence-corrected chi connectivity index (χ4v) is 3.85. The van der Waals surface area contributed by atoms with Crippen LogP contribution in [-0.4, -0.2) is 53.5 Å². The van der Waals surface area contributed by atoms with Crippen LogP contribution in [0.2, 0.25) is 10.0 Å². The topological polar surface area (TPSA) is 103 Å². The number of hydrogen-bond acceptors (Lipinski definition) is 4. The third kappa shape index (κ3) is 3.73. The maximum absolute atomic E-state index is 12.8. The quantitative estimate of drug-likeness (QED) is 0.765. The van der Waals surface area contributed by atoms with Crippen molar-refractivity contribution >= 4 is 46.8 Å². The van der Waals surface area contributed by atoms with Crippen molar-refractivity contribution in [3.05, 3.63) is 45.2 Å². The Morgan fingerprint density at radius 2 is 2.03 bits per heavy atom. The summed E-state index contributed by atoms with van der Waals surface area (Å²) in [6, 6.07) is 4.85. The Morgan fingerprint density at radius 3 is 2.62 bits per heavy atom. The summed E-state index contributed by atoms with van der Waals surface area (Å²) in [5.41, 5.74) is 2.36. The van der Waals surface area contributed by atoms with Gasteiger partial charge in [-0.3, -0.25) is 14.5 Å². The molecule has 29 heavy (non-hydrogen) atoms. The van der Waals surface area contributed by atoms with E-state index in [0.29, 0.717) is 38.1 Å². The number of carbonyl (C=O) groups excluding carboxylic acids is 2. The monoisotopic (exact) mass is 436 g/mol. The van der Waals surface area contributed by atoms with E-state index in [1.807, 2.05) is 0 Å². The molecule has 1 aliphatic rings. The van der Waals surface area contributed by atoms with Crippen LogP contribution in [0.25, 0.3) is 11.1 Å². The highest BCUT2D eigenvalue weighted by atomic mass is 35.5. The van der Waals surface area contributed by atoms with Gasteiger partial charge < -0.3 is 15.3 Å². The lowest BCUT2D eigenvalue weighted by Gasteiger charge is -2.22. The van der Waals surface area contributed by atoms with Crippen LogP contribution in [0.5, 0.6) is 0 Å². The third-order valence-corrected chi connectivity index (χ3v) is 5.27. The van der Waals surface area contributed by atoms with Gasteiger partial charge in [0.25, 0.3) is 5.91 Å². The van der Waals surface area contributed by atoms with E-state index in [0.717, 1.165) is 4.90 Å². The van der Waals surface area contributed by atoms with Crippen molar-refractivity contribution in [3.8, 4) is 11.1 Å². The molecule has 8 nitrogen and oxygen atoms in total. The number of carboxylic acid groups (broad SMARTS) is 1. The molecule has 0 fully saturated rings. The SMILES string of the molecule is CNC(=O)CN1Cc2c(nc(C)c(N(C)C(=O)O)c2-c2ccc(Cl)cc2Cl)C1=O. The first-order valence-corrected chi connectivity index (χ1v) is 9.36. The van der Waals surface area contributed by atoms with Gasteiger partial charge >= 0.3 is 6.09 Å². The molecule has 1 aromatic heterocycles. The van der Waals surface area contributed by atoms with Gasteiger partial charge in [0, 0.05) is 47.4 Å². The molecule has 2 aromatic rings. The van der Waals surface area contributed by atoms with Gasteiger partial charge in [-0.2, -0.15) is 0 Å². The number of nitrogens with zero attached hydrogens (tertiary/aromatic N) is 3. The lowest BCUT2D eigenvalue weighted by Crippen LogP contribution is -2.35. The van der Waals surface area contributed by atoms with Crippen LogP contribution in [0.1, 0.15) is 21.7 Å². The number of carbonyl (C=O) groups is 3. The van der Waals surface area contributed by atoms with Gasteiger partial charge in [0.15, 0.2) is 0 Å². The summed E-state index contributed by atoms with van der Waals surface area (Å²) >= 11 is 12.4. The summed E-state index contributed by atoms with van der Waals surface area (Å²) in [5, 5.41) is 12.8. The summed E-state index contributed by atoms with van der Waals surface area (Å²) in [6.45, 7) is 1.59. The van der Waals surface area contributed by atoms with Crippen molar-refractivity contribution in [3.63, 3.8) is 0 Å². The number of benzene rings is 1. The zero-order chi connectivity index (χ0) is 21.5. The molecular formula is C19H18Cl2N4O4. The normalized spacial score (nSPS) is 12.7. The molecule has 0 saturated heterocycles. The Balaban J connectivity index is 2.28. The number of amides is 3. The molecule has 2 N–H and O–H groups in total. The van der Waals surface area contributed by atoms with Crippen molar-refractivity contribution in [2.24, 2.45) is 0 Å². The van der Waals surface area contributed by atoms with Crippen molar-refractivity contribution in [2.75, 3.05) is 25.5 Å². The van der Waals surface area contributed by atoms with E-state index in [1.54, 1.807) is 25.1 Å². The molecule has 2 heterocycles. The second-order valence-electron chi connectivity index (χ2n) is 6.55. The molecule has 3 amide bonds. The largest absolute Gasteiger partial charge is 0.465 e. The maximum atomic E-state index is 12.8. The molecule has 0 radical (unpaired) electrons. The van der Waals surface area contributed by atoms with E-state index >= 15 is 0 Å². The van der Waals surface area contributed by atoms with Crippen molar-refractivity contribution in [1.82, 2.24) is 15.2 Å². The second-order valence-corrected chi connectivity index (χ2v) is 7.39. The third-order valence-electron chi connectivity index (χ3n) is 4.72. The van der Waals surface area contributed by atoms with Gasteiger partial charge in [0.05, 0.1) is 11.4 Å². The number of likely N-dealkylation sites (N-methyl/N-ethyl adjacent to an activating group) is 1. The Morgan fingerprint density at radius 1 is 1.34 bits per heavy atom.